The molecule has 0 radical (unpaired) electrons. The number of hydrogen-bond acceptors (Lipinski definition) is 3. The first-order valence-electron chi connectivity index (χ1n) is 6.49. The zero-order valence-electron chi connectivity index (χ0n) is 11.5. The van der Waals surface area contributed by atoms with Gasteiger partial charge in [0.2, 0.25) is 0 Å². The van der Waals surface area contributed by atoms with E-state index >= 15 is 0 Å². The van der Waals surface area contributed by atoms with Crippen molar-refractivity contribution in [1.29, 1.82) is 0 Å². The predicted octanol–water partition coefficient (Wildman–Crippen LogP) is 1.98. The standard InChI is InChI=1S/C13H16ClFN2O3S/c1-9(11-3-2-10(15)8-12(11)14)16-13(18)17-4-6-21(19,20)7-5-17/h2-3,8-9H,4-7H2,1H3,(H,16,18). The number of nitrogens with one attached hydrogen (secondary N) is 1. The fourth-order valence-corrected chi connectivity index (χ4v) is 3.65. The molecule has 1 unspecified atom stereocenters. The smallest absolute Gasteiger partial charge is 0.317 e. The summed E-state index contributed by atoms with van der Waals surface area (Å²) in [5, 5.41) is 2.98. The van der Waals surface area contributed by atoms with Crippen LogP contribution in [0, 0.1) is 5.82 Å². The van der Waals surface area contributed by atoms with E-state index in [4.69, 9.17) is 11.6 Å². The van der Waals surface area contributed by atoms with E-state index in [0.29, 0.717) is 5.56 Å². The molecule has 1 aliphatic rings. The molecule has 0 spiro atoms. The maximum absolute atomic E-state index is 13.0. The Labute approximate surface area is 128 Å². The van der Waals surface area contributed by atoms with Crippen LogP contribution < -0.4 is 5.32 Å². The van der Waals surface area contributed by atoms with Crippen LogP contribution in [-0.2, 0) is 9.84 Å². The van der Waals surface area contributed by atoms with E-state index in [1.807, 2.05) is 0 Å². The predicted molar refractivity (Wildman–Crippen MR) is 78.6 cm³/mol. The molecule has 1 fully saturated rings. The lowest BCUT2D eigenvalue weighted by Crippen LogP contribution is -2.48. The second-order valence-corrected chi connectivity index (χ2v) is 7.69. The van der Waals surface area contributed by atoms with Gasteiger partial charge in [0, 0.05) is 18.1 Å². The molecule has 0 aliphatic carbocycles. The maximum atomic E-state index is 13.0. The highest BCUT2D eigenvalue weighted by Crippen LogP contribution is 2.23. The van der Waals surface area contributed by atoms with Gasteiger partial charge >= 0.3 is 6.03 Å². The van der Waals surface area contributed by atoms with E-state index < -0.39 is 21.7 Å². The molecule has 1 atom stereocenters. The zero-order chi connectivity index (χ0) is 15.6. The summed E-state index contributed by atoms with van der Waals surface area (Å²) >= 11 is 5.95. The molecular formula is C13H16ClFN2O3S. The number of rotatable bonds is 2. The van der Waals surface area contributed by atoms with Crippen LogP contribution in [0.5, 0.6) is 0 Å². The largest absolute Gasteiger partial charge is 0.331 e. The fraction of sp³-hybridized carbons (Fsp3) is 0.462. The quantitative estimate of drug-likeness (QED) is 0.899. The highest BCUT2D eigenvalue weighted by atomic mass is 35.5. The van der Waals surface area contributed by atoms with Crippen molar-refractivity contribution in [3.63, 3.8) is 0 Å². The third-order valence-electron chi connectivity index (χ3n) is 3.40. The molecule has 2 amide bonds. The van der Waals surface area contributed by atoms with E-state index in [2.05, 4.69) is 5.32 Å². The van der Waals surface area contributed by atoms with Gasteiger partial charge in [0.1, 0.15) is 5.82 Å². The van der Waals surface area contributed by atoms with Crippen LogP contribution in [0.25, 0.3) is 0 Å². The van der Waals surface area contributed by atoms with Gasteiger partial charge in [-0.2, -0.15) is 0 Å². The van der Waals surface area contributed by atoms with Crippen LogP contribution in [0.15, 0.2) is 18.2 Å². The number of amides is 2. The summed E-state index contributed by atoms with van der Waals surface area (Å²) in [5.74, 6) is -0.485. The number of carbonyl (C=O) groups is 1. The Hall–Kier alpha value is -1.34. The van der Waals surface area contributed by atoms with Gasteiger partial charge in [0.25, 0.3) is 0 Å². The first kappa shape index (κ1) is 16.0. The van der Waals surface area contributed by atoms with Gasteiger partial charge in [-0.3, -0.25) is 0 Å². The molecule has 0 aromatic heterocycles. The first-order chi connectivity index (χ1) is 9.78. The molecule has 2 rings (SSSR count). The lowest BCUT2D eigenvalue weighted by molar-refractivity contribution is 0.199. The number of benzene rings is 1. The first-order valence-corrected chi connectivity index (χ1v) is 8.69. The third-order valence-corrected chi connectivity index (χ3v) is 5.34. The van der Waals surface area contributed by atoms with E-state index in [9.17, 15) is 17.6 Å². The third kappa shape index (κ3) is 4.07. The van der Waals surface area contributed by atoms with Crippen LogP contribution in [0.1, 0.15) is 18.5 Å². The Morgan fingerprint density at radius 3 is 2.57 bits per heavy atom. The number of urea groups is 1. The second kappa shape index (κ2) is 6.19. The highest BCUT2D eigenvalue weighted by Gasteiger charge is 2.26. The molecule has 8 heteroatoms. The maximum Gasteiger partial charge on any atom is 0.317 e. The molecule has 1 aliphatic heterocycles. The van der Waals surface area contributed by atoms with Gasteiger partial charge in [-0.05, 0) is 24.6 Å². The van der Waals surface area contributed by atoms with Crippen molar-refractivity contribution in [2.24, 2.45) is 0 Å². The van der Waals surface area contributed by atoms with Crippen LogP contribution >= 0.6 is 11.6 Å². The Balaban J connectivity index is 1.99. The number of halogens is 2. The molecule has 1 N–H and O–H groups in total. The molecule has 0 saturated carbocycles. The van der Waals surface area contributed by atoms with Gasteiger partial charge in [0.05, 0.1) is 17.5 Å². The van der Waals surface area contributed by atoms with Gasteiger partial charge < -0.3 is 10.2 Å². The van der Waals surface area contributed by atoms with Crippen LogP contribution in [-0.4, -0.2) is 43.9 Å². The van der Waals surface area contributed by atoms with Gasteiger partial charge in [-0.25, -0.2) is 17.6 Å². The number of carbonyl (C=O) groups excluding carboxylic acids is 1. The summed E-state index contributed by atoms with van der Waals surface area (Å²) in [6, 6.07) is 3.23. The topological polar surface area (TPSA) is 66.5 Å². The summed E-state index contributed by atoms with van der Waals surface area (Å²) < 4.78 is 35.7. The van der Waals surface area contributed by atoms with E-state index in [0.717, 1.165) is 0 Å². The lowest BCUT2D eigenvalue weighted by atomic mass is 10.1. The van der Waals surface area contributed by atoms with Crippen molar-refractivity contribution in [3.05, 3.63) is 34.6 Å². The Morgan fingerprint density at radius 1 is 1.38 bits per heavy atom. The SMILES string of the molecule is CC(NC(=O)N1CCS(=O)(=O)CC1)c1ccc(F)cc1Cl. The second-order valence-electron chi connectivity index (χ2n) is 4.98. The molecule has 1 heterocycles. The van der Waals surface area contributed by atoms with Crippen molar-refractivity contribution in [1.82, 2.24) is 10.2 Å². The molecule has 1 saturated heterocycles. The van der Waals surface area contributed by atoms with Crippen molar-refractivity contribution in [3.8, 4) is 0 Å². The van der Waals surface area contributed by atoms with E-state index in [-0.39, 0.29) is 35.6 Å². The normalized spacial score (nSPS) is 19.1. The van der Waals surface area contributed by atoms with Crippen LogP contribution in [0.3, 0.4) is 0 Å². The monoisotopic (exact) mass is 334 g/mol. The van der Waals surface area contributed by atoms with Crippen molar-refractivity contribution < 1.29 is 17.6 Å². The highest BCUT2D eigenvalue weighted by molar-refractivity contribution is 7.91. The van der Waals surface area contributed by atoms with Gasteiger partial charge in [-0.15, -0.1) is 0 Å². The number of sulfone groups is 1. The molecule has 5 nitrogen and oxygen atoms in total. The molecule has 1 aromatic rings. The lowest BCUT2D eigenvalue weighted by Gasteiger charge is -2.28. The van der Waals surface area contributed by atoms with E-state index in [1.54, 1.807) is 6.92 Å². The summed E-state index contributed by atoms with van der Waals surface area (Å²) in [7, 11) is -3.03. The minimum absolute atomic E-state index is 0.0217. The van der Waals surface area contributed by atoms with Crippen molar-refractivity contribution in [2.75, 3.05) is 24.6 Å². The minimum atomic E-state index is -3.03. The summed E-state index contributed by atoms with van der Waals surface area (Å²) in [5.41, 5.74) is 0.607. The van der Waals surface area contributed by atoms with Crippen molar-refractivity contribution >= 4 is 27.5 Å². The van der Waals surface area contributed by atoms with Gasteiger partial charge in [-0.1, -0.05) is 17.7 Å². The molecular weight excluding hydrogens is 319 g/mol. The summed E-state index contributed by atoms with van der Waals surface area (Å²) in [6.45, 7) is 2.09. The Morgan fingerprint density at radius 2 is 2.00 bits per heavy atom. The zero-order valence-corrected chi connectivity index (χ0v) is 13.0. The summed E-state index contributed by atoms with van der Waals surface area (Å²) in [4.78, 5) is 13.5. The summed E-state index contributed by atoms with van der Waals surface area (Å²) in [6.07, 6.45) is 0. The average molecular weight is 335 g/mol. The Bertz CT molecular complexity index is 637. The number of nitrogens with zero attached hydrogens (tertiary/aromatic N) is 1. The van der Waals surface area contributed by atoms with Crippen molar-refractivity contribution in [2.45, 2.75) is 13.0 Å². The van der Waals surface area contributed by atoms with E-state index in [1.165, 1.54) is 23.1 Å². The average Bonchev–Trinajstić information content (AvgIpc) is 2.38. The number of hydrogen-bond donors (Lipinski definition) is 1. The molecule has 116 valence electrons. The fourth-order valence-electron chi connectivity index (χ4n) is 2.12. The molecule has 0 bridgehead atoms. The molecule has 21 heavy (non-hydrogen) atoms. The Kier molecular flexibility index (Phi) is 4.73. The molecule has 1 aromatic carbocycles. The van der Waals surface area contributed by atoms with Crippen LogP contribution in [0.4, 0.5) is 9.18 Å². The van der Waals surface area contributed by atoms with Gasteiger partial charge in [0.15, 0.2) is 9.84 Å². The van der Waals surface area contributed by atoms with Crippen LogP contribution in [0.2, 0.25) is 5.02 Å². The minimum Gasteiger partial charge on any atom is -0.331 e.